The molecule has 0 spiro atoms. The number of hydrogen-bond acceptors (Lipinski definition) is 3. The smallest absolute Gasteiger partial charge is 0.338 e. The third kappa shape index (κ3) is 3.66. The molecule has 3 nitrogen and oxygen atoms in total. The molecular weight excluding hydrogens is 264 g/mol. The molecule has 0 aliphatic heterocycles. The van der Waals surface area contributed by atoms with E-state index in [9.17, 15) is 4.79 Å². The highest BCUT2D eigenvalue weighted by molar-refractivity contribution is 5.88. The Morgan fingerprint density at radius 1 is 1.14 bits per heavy atom. The van der Waals surface area contributed by atoms with E-state index < -0.39 is 5.97 Å². The van der Waals surface area contributed by atoms with Gasteiger partial charge in [-0.25, -0.2) is 4.79 Å². The molecule has 1 aromatic rings. The largest absolute Gasteiger partial charge is 0.487 e. The van der Waals surface area contributed by atoms with Crippen molar-refractivity contribution >= 4 is 5.97 Å². The van der Waals surface area contributed by atoms with Crippen LogP contribution in [0, 0.1) is 5.92 Å². The van der Waals surface area contributed by atoms with Gasteiger partial charge in [0.2, 0.25) is 0 Å². The fourth-order valence-corrected chi connectivity index (χ4v) is 2.78. The monoisotopic (exact) mass is 288 g/mol. The number of carbonyl (C=O) groups excluding carboxylic acids is 1. The SMILES string of the molecule is C=C(C)C(=O)Oc1ccc(OC2(C(C)C)CCCC2)cc1. The third-order valence-electron chi connectivity index (χ3n) is 4.21. The van der Waals surface area contributed by atoms with Crippen molar-refractivity contribution in [3.63, 3.8) is 0 Å². The zero-order chi connectivity index (χ0) is 15.5. The molecule has 0 N–H and O–H groups in total. The van der Waals surface area contributed by atoms with E-state index in [2.05, 4.69) is 20.4 Å². The lowest BCUT2D eigenvalue weighted by Gasteiger charge is -2.34. The van der Waals surface area contributed by atoms with Crippen molar-refractivity contribution < 1.29 is 14.3 Å². The van der Waals surface area contributed by atoms with Gasteiger partial charge in [0.15, 0.2) is 0 Å². The maximum atomic E-state index is 11.5. The molecule has 0 unspecified atom stereocenters. The van der Waals surface area contributed by atoms with Gasteiger partial charge in [-0.1, -0.05) is 20.4 Å². The van der Waals surface area contributed by atoms with Gasteiger partial charge >= 0.3 is 5.97 Å². The van der Waals surface area contributed by atoms with E-state index in [0.29, 0.717) is 17.2 Å². The third-order valence-corrected chi connectivity index (χ3v) is 4.21. The van der Waals surface area contributed by atoms with Gasteiger partial charge in [0, 0.05) is 5.57 Å². The van der Waals surface area contributed by atoms with Crippen LogP contribution in [0.2, 0.25) is 0 Å². The Bertz CT molecular complexity index is 508. The molecular formula is C18H24O3. The molecule has 0 bridgehead atoms. The van der Waals surface area contributed by atoms with Gasteiger partial charge in [-0.15, -0.1) is 0 Å². The molecule has 1 saturated carbocycles. The average molecular weight is 288 g/mol. The van der Waals surface area contributed by atoms with Gasteiger partial charge in [-0.2, -0.15) is 0 Å². The maximum Gasteiger partial charge on any atom is 0.338 e. The van der Waals surface area contributed by atoms with Crippen molar-refractivity contribution in [2.75, 3.05) is 0 Å². The molecule has 114 valence electrons. The minimum absolute atomic E-state index is 0.0457. The van der Waals surface area contributed by atoms with E-state index in [1.165, 1.54) is 12.8 Å². The van der Waals surface area contributed by atoms with E-state index in [1.54, 1.807) is 19.1 Å². The Morgan fingerprint density at radius 3 is 2.14 bits per heavy atom. The van der Waals surface area contributed by atoms with Crippen molar-refractivity contribution in [1.29, 1.82) is 0 Å². The molecule has 21 heavy (non-hydrogen) atoms. The topological polar surface area (TPSA) is 35.5 Å². The summed E-state index contributed by atoms with van der Waals surface area (Å²) in [5, 5.41) is 0. The van der Waals surface area contributed by atoms with Gasteiger partial charge < -0.3 is 9.47 Å². The number of rotatable bonds is 5. The standard InChI is InChI=1S/C18H24O3/c1-13(2)17(19)20-15-7-9-16(10-8-15)21-18(14(3)4)11-5-6-12-18/h7-10,14H,1,5-6,11-12H2,2-4H3. The van der Waals surface area contributed by atoms with Crippen LogP contribution >= 0.6 is 0 Å². The molecule has 3 heteroatoms. The first-order valence-corrected chi connectivity index (χ1v) is 7.60. The van der Waals surface area contributed by atoms with Crippen LogP contribution in [0.25, 0.3) is 0 Å². The van der Waals surface area contributed by atoms with Crippen LogP contribution in [0.3, 0.4) is 0 Å². The first kappa shape index (κ1) is 15.6. The predicted octanol–water partition coefficient (Wildman–Crippen LogP) is 4.52. The van der Waals surface area contributed by atoms with Crippen LogP contribution in [0.15, 0.2) is 36.4 Å². The predicted molar refractivity (Wildman–Crippen MR) is 83.6 cm³/mol. The zero-order valence-electron chi connectivity index (χ0n) is 13.1. The molecule has 0 amide bonds. The lowest BCUT2D eigenvalue weighted by atomic mass is 9.88. The van der Waals surface area contributed by atoms with Gasteiger partial charge in [0.05, 0.1) is 0 Å². The number of carbonyl (C=O) groups is 1. The molecule has 0 radical (unpaired) electrons. The van der Waals surface area contributed by atoms with Crippen LogP contribution in [0.5, 0.6) is 11.5 Å². The molecule has 1 fully saturated rings. The van der Waals surface area contributed by atoms with E-state index in [4.69, 9.17) is 9.47 Å². The summed E-state index contributed by atoms with van der Waals surface area (Å²) in [5.41, 5.74) is 0.343. The summed E-state index contributed by atoms with van der Waals surface area (Å²) in [5.74, 6) is 1.43. The number of esters is 1. The number of hydrogen-bond donors (Lipinski definition) is 0. The maximum absolute atomic E-state index is 11.5. The average Bonchev–Trinajstić information content (AvgIpc) is 2.91. The van der Waals surface area contributed by atoms with E-state index in [1.807, 2.05) is 12.1 Å². The quantitative estimate of drug-likeness (QED) is 0.454. The summed E-state index contributed by atoms with van der Waals surface area (Å²) in [6.07, 6.45) is 4.67. The van der Waals surface area contributed by atoms with Gasteiger partial charge in [0.1, 0.15) is 17.1 Å². The zero-order valence-corrected chi connectivity index (χ0v) is 13.1. The van der Waals surface area contributed by atoms with Crippen molar-refractivity contribution in [2.24, 2.45) is 5.92 Å². The second kappa shape index (κ2) is 6.33. The molecule has 0 heterocycles. The van der Waals surface area contributed by atoms with Gasteiger partial charge in [0.25, 0.3) is 0 Å². The molecule has 0 aromatic heterocycles. The summed E-state index contributed by atoms with van der Waals surface area (Å²) in [4.78, 5) is 11.5. The van der Waals surface area contributed by atoms with Crippen molar-refractivity contribution in [1.82, 2.24) is 0 Å². The summed E-state index contributed by atoms with van der Waals surface area (Å²) < 4.78 is 11.5. The number of benzene rings is 1. The van der Waals surface area contributed by atoms with Crippen LogP contribution in [0.4, 0.5) is 0 Å². The molecule has 1 aromatic carbocycles. The summed E-state index contributed by atoms with van der Waals surface area (Å²) in [6, 6.07) is 7.26. The second-order valence-electron chi connectivity index (χ2n) is 6.17. The van der Waals surface area contributed by atoms with Gasteiger partial charge in [-0.05, 0) is 62.8 Å². The normalized spacial score (nSPS) is 16.8. The Morgan fingerprint density at radius 2 is 1.67 bits per heavy atom. The molecule has 0 saturated heterocycles. The molecule has 2 rings (SSSR count). The molecule has 1 aliphatic rings. The van der Waals surface area contributed by atoms with Crippen molar-refractivity contribution in [3.05, 3.63) is 36.4 Å². The van der Waals surface area contributed by atoms with E-state index in [-0.39, 0.29) is 5.60 Å². The first-order valence-electron chi connectivity index (χ1n) is 7.60. The Balaban J connectivity index is 2.05. The van der Waals surface area contributed by atoms with E-state index >= 15 is 0 Å². The highest BCUT2D eigenvalue weighted by atomic mass is 16.5. The van der Waals surface area contributed by atoms with Crippen LogP contribution in [-0.2, 0) is 4.79 Å². The summed E-state index contributed by atoms with van der Waals surface area (Å²) in [7, 11) is 0. The summed E-state index contributed by atoms with van der Waals surface area (Å²) >= 11 is 0. The van der Waals surface area contributed by atoms with E-state index in [0.717, 1.165) is 18.6 Å². The first-order chi connectivity index (χ1) is 9.93. The lowest BCUT2D eigenvalue weighted by molar-refractivity contribution is -0.130. The highest BCUT2D eigenvalue weighted by Crippen LogP contribution is 2.40. The minimum Gasteiger partial charge on any atom is -0.487 e. The van der Waals surface area contributed by atoms with Crippen molar-refractivity contribution in [3.8, 4) is 11.5 Å². The minimum atomic E-state index is -0.405. The molecule has 0 atom stereocenters. The Hall–Kier alpha value is -1.77. The number of ether oxygens (including phenoxy) is 2. The van der Waals surface area contributed by atoms with Gasteiger partial charge in [-0.3, -0.25) is 0 Å². The highest BCUT2D eigenvalue weighted by Gasteiger charge is 2.39. The lowest BCUT2D eigenvalue weighted by Crippen LogP contribution is -2.38. The van der Waals surface area contributed by atoms with Crippen LogP contribution < -0.4 is 9.47 Å². The fraction of sp³-hybridized carbons (Fsp3) is 0.500. The fourth-order valence-electron chi connectivity index (χ4n) is 2.78. The second-order valence-corrected chi connectivity index (χ2v) is 6.17. The Kier molecular flexibility index (Phi) is 4.71. The molecule has 1 aliphatic carbocycles. The van der Waals surface area contributed by atoms with Crippen molar-refractivity contribution in [2.45, 2.75) is 52.1 Å². The Labute approximate surface area is 127 Å². The van der Waals surface area contributed by atoms with Crippen LogP contribution in [0.1, 0.15) is 46.5 Å². The van der Waals surface area contributed by atoms with Crippen LogP contribution in [-0.4, -0.2) is 11.6 Å². The summed E-state index contributed by atoms with van der Waals surface area (Å²) in [6.45, 7) is 9.63.